The van der Waals surface area contributed by atoms with Crippen LogP contribution in [0, 0.1) is 0 Å². The zero-order valence-corrected chi connectivity index (χ0v) is 11.6. The van der Waals surface area contributed by atoms with Gasteiger partial charge in [0.25, 0.3) is 5.91 Å². The fourth-order valence-electron chi connectivity index (χ4n) is 1.30. The monoisotopic (exact) mass is 290 g/mol. The highest BCUT2D eigenvalue weighted by molar-refractivity contribution is 6.42. The van der Waals surface area contributed by atoms with Crippen molar-refractivity contribution in [2.75, 3.05) is 33.4 Å². The molecule has 0 saturated heterocycles. The first-order valence-corrected chi connectivity index (χ1v) is 6.33. The van der Waals surface area contributed by atoms with Gasteiger partial charge < -0.3 is 15.4 Å². The molecule has 6 heteroatoms. The maximum Gasteiger partial charge on any atom is 0.251 e. The Kier molecular flexibility index (Phi) is 7.05. The first-order valence-electron chi connectivity index (χ1n) is 5.58. The topological polar surface area (TPSA) is 50.4 Å². The summed E-state index contributed by atoms with van der Waals surface area (Å²) < 4.78 is 4.89. The molecule has 0 spiro atoms. The number of methoxy groups -OCH3 is 1. The minimum absolute atomic E-state index is 0.165. The number of carbonyl (C=O) groups is 1. The molecule has 1 aromatic carbocycles. The van der Waals surface area contributed by atoms with E-state index in [1.54, 1.807) is 25.3 Å². The van der Waals surface area contributed by atoms with Crippen molar-refractivity contribution in [3.63, 3.8) is 0 Å². The first kappa shape index (κ1) is 15.2. The number of benzene rings is 1. The van der Waals surface area contributed by atoms with Gasteiger partial charge in [-0.1, -0.05) is 23.2 Å². The third-order valence-electron chi connectivity index (χ3n) is 2.25. The molecule has 0 unspecified atom stereocenters. The van der Waals surface area contributed by atoms with Gasteiger partial charge in [-0.15, -0.1) is 0 Å². The zero-order chi connectivity index (χ0) is 13.4. The molecule has 0 aliphatic carbocycles. The molecule has 18 heavy (non-hydrogen) atoms. The van der Waals surface area contributed by atoms with Crippen LogP contribution in [-0.2, 0) is 4.74 Å². The lowest BCUT2D eigenvalue weighted by molar-refractivity contribution is 0.0953. The lowest BCUT2D eigenvalue weighted by Gasteiger charge is -2.07. The summed E-state index contributed by atoms with van der Waals surface area (Å²) in [5.74, 6) is -0.165. The smallest absolute Gasteiger partial charge is 0.251 e. The zero-order valence-electron chi connectivity index (χ0n) is 10.1. The van der Waals surface area contributed by atoms with Crippen LogP contribution in [0.4, 0.5) is 0 Å². The van der Waals surface area contributed by atoms with Gasteiger partial charge >= 0.3 is 0 Å². The third kappa shape index (κ3) is 5.23. The van der Waals surface area contributed by atoms with E-state index in [4.69, 9.17) is 27.9 Å². The summed E-state index contributed by atoms with van der Waals surface area (Å²) in [6.45, 7) is 2.65. The Balaban J connectivity index is 2.30. The van der Waals surface area contributed by atoms with Crippen LogP contribution in [-0.4, -0.2) is 39.3 Å². The highest BCUT2D eigenvalue weighted by atomic mass is 35.5. The third-order valence-corrected chi connectivity index (χ3v) is 2.99. The van der Waals surface area contributed by atoms with Crippen molar-refractivity contribution in [3.05, 3.63) is 33.8 Å². The summed E-state index contributed by atoms with van der Waals surface area (Å²) in [6, 6.07) is 4.80. The van der Waals surface area contributed by atoms with Gasteiger partial charge in [0.15, 0.2) is 0 Å². The fourth-order valence-corrected chi connectivity index (χ4v) is 1.60. The van der Waals surface area contributed by atoms with Gasteiger partial charge in [-0.25, -0.2) is 0 Å². The summed E-state index contributed by atoms with van der Waals surface area (Å²) in [4.78, 5) is 11.7. The van der Waals surface area contributed by atoms with Crippen molar-refractivity contribution in [2.45, 2.75) is 0 Å². The molecule has 0 aliphatic rings. The molecular formula is C12H16Cl2N2O2. The number of carbonyl (C=O) groups excluding carboxylic acids is 1. The average Bonchev–Trinajstić information content (AvgIpc) is 2.36. The second-order valence-corrected chi connectivity index (χ2v) is 4.44. The highest BCUT2D eigenvalue weighted by Crippen LogP contribution is 2.22. The largest absolute Gasteiger partial charge is 0.383 e. The Bertz CT molecular complexity index is 400. The molecule has 4 nitrogen and oxygen atoms in total. The van der Waals surface area contributed by atoms with Crippen LogP contribution in [0.15, 0.2) is 18.2 Å². The second kappa shape index (κ2) is 8.32. The maximum atomic E-state index is 11.7. The molecule has 0 fully saturated rings. The molecule has 0 atom stereocenters. The van der Waals surface area contributed by atoms with Crippen LogP contribution in [0.5, 0.6) is 0 Å². The SMILES string of the molecule is COCCNCCNC(=O)c1ccc(Cl)c(Cl)c1. The lowest BCUT2D eigenvalue weighted by Crippen LogP contribution is -2.33. The average molecular weight is 291 g/mol. The minimum atomic E-state index is -0.165. The van der Waals surface area contributed by atoms with Crippen LogP contribution >= 0.6 is 23.2 Å². The molecule has 0 heterocycles. The Morgan fingerprint density at radius 1 is 1.22 bits per heavy atom. The summed E-state index contributed by atoms with van der Waals surface area (Å²) in [5, 5.41) is 6.72. The van der Waals surface area contributed by atoms with E-state index in [-0.39, 0.29) is 5.91 Å². The van der Waals surface area contributed by atoms with Gasteiger partial charge in [0.1, 0.15) is 0 Å². The van der Waals surface area contributed by atoms with Crippen molar-refractivity contribution in [2.24, 2.45) is 0 Å². The summed E-state index contributed by atoms with van der Waals surface area (Å²) in [5.41, 5.74) is 0.501. The van der Waals surface area contributed by atoms with E-state index >= 15 is 0 Å². The quantitative estimate of drug-likeness (QED) is 0.755. The molecule has 100 valence electrons. The molecule has 0 radical (unpaired) electrons. The van der Waals surface area contributed by atoms with Crippen molar-refractivity contribution < 1.29 is 9.53 Å². The first-order chi connectivity index (χ1) is 8.65. The number of hydrogen-bond acceptors (Lipinski definition) is 3. The van der Waals surface area contributed by atoms with Gasteiger partial charge in [-0.05, 0) is 18.2 Å². The summed E-state index contributed by atoms with van der Waals surface area (Å²) in [7, 11) is 1.65. The normalized spacial score (nSPS) is 10.4. The number of ether oxygens (including phenoxy) is 1. The Hall–Kier alpha value is -0.810. The molecule has 0 aliphatic heterocycles. The van der Waals surface area contributed by atoms with E-state index in [0.29, 0.717) is 35.3 Å². The van der Waals surface area contributed by atoms with Crippen molar-refractivity contribution in [3.8, 4) is 0 Å². The van der Waals surface area contributed by atoms with Crippen LogP contribution in [0.25, 0.3) is 0 Å². The van der Waals surface area contributed by atoms with Crippen LogP contribution in [0.1, 0.15) is 10.4 Å². The van der Waals surface area contributed by atoms with E-state index in [2.05, 4.69) is 10.6 Å². The van der Waals surface area contributed by atoms with E-state index in [1.165, 1.54) is 0 Å². The molecule has 1 aromatic rings. The molecule has 1 amide bonds. The Morgan fingerprint density at radius 2 is 2.00 bits per heavy atom. The van der Waals surface area contributed by atoms with Gasteiger partial charge in [-0.2, -0.15) is 0 Å². The molecular weight excluding hydrogens is 275 g/mol. The highest BCUT2D eigenvalue weighted by Gasteiger charge is 2.06. The van der Waals surface area contributed by atoms with E-state index in [1.807, 2.05) is 0 Å². The number of nitrogens with one attached hydrogen (secondary N) is 2. The van der Waals surface area contributed by atoms with Crippen molar-refractivity contribution in [1.29, 1.82) is 0 Å². The molecule has 0 saturated carbocycles. The van der Waals surface area contributed by atoms with Crippen molar-refractivity contribution >= 4 is 29.1 Å². The van der Waals surface area contributed by atoms with Gasteiger partial charge in [0.05, 0.1) is 16.7 Å². The Labute approximate surface area is 117 Å². The summed E-state index contributed by atoms with van der Waals surface area (Å²) >= 11 is 11.6. The minimum Gasteiger partial charge on any atom is -0.383 e. The summed E-state index contributed by atoms with van der Waals surface area (Å²) in [6.07, 6.45) is 0. The molecule has 2 N–H and O–H groups in total. The molecule has 0 aromatic heterocycles. The van der Waals surface area contributed by atoms with Gasteiger partial charge in [0.2, 0.25) is 0 Å². The van der Waals surface area contributed by atoms with E-state index in [0.717, 1.165) is 6.54 Å². The number of halogens is 2. The van der Waals surface area contributed by atoms with Crippen LogP contribution < -0.4 is 10.6 Å². The number of hydrogen-bond donors (Lipinski definition) is 2. The number of rotatable bonds is 7. The maximum absolute atomic E-state index is 11.7. The van der Waals surface area contributed by atoms with E-state index < -0.39 is 0 Å². The van der Waals surface area contributed by atoms with Gasteiger partial charge in [0, 0.05) is 32.3 Å². The standard InChI is InChI=1S/C12H16Cl2N2O2/c1-18-7-6-15-4-5-16-12(17)9-2-3-10(13)11(14)8-9/h2-3,8,15H,4-7H2,1H3,(H,16,17). The predicted octanol–water partition coefficient (Wildman–Crippen LogP) is 1.96. The van der Waals surface area contributed by atoms with Gasteiger partial charge in [-0.3, -0.25) is 4.79 Å². The fraction of sp³-hybridized carbons (Fsp3) is 0.417. The predicted molar refractivity (Wildman–Crippen MR) is 73.5 cm³/mol. The van der Waals surface area contributed by atoms with Crippen molar-refractivity contribution in [1.82, 2.24) is 10.6 Å². The van der Waals surface area contributed by atoms with Crippen LogP contribution in [0.3, 0.4) is 0 Å². The second-order valence-electron chi connectivity index (χ2n) is 3.63. The molecule has 0 bridgehead atoms. The van der Waals surface area contributed by atoms with E-state index in [9.17, 15) is 4.79 Å². The lowest BCUT2D eigenvalue weighted by atomic mass is 10.2. The van der Waals surface area contributed by atoms with Crippen LogP contribution in [0.2, 0.25) is 10.0 Å². The Morgan fingerprint density at radius 3 is 2.67 bits per heavy atom. The number of amides is 1. The molecule has 1 rings (SSSR count).